The van der Waals surface area contributed by atoms with Crippen LogP contribution in [0.25, 0.3) is 0 Å². The third-order valence-corrected chi connectivity index (χ3v) is 2.39. The van der Waals surface area contributed by atoms with E-state index in [4.69, 9.17) is 11.6 Å². The van der Waals surface area contributed by atoms with Gasteiger partial charge in [0.05, 0.1) is 3.57 Å². The van der Waals surface area contributed by atoms with E-state index in [1.54, 1.807) is 0 Å². The predicted molar refractivity (Wildman–Crippen MR) is 46.0 cm³/mol. The lowest BCUT2D eigenvalue weighted by molar-refractivity contribution is 0.122. The molecule has 62 valence electrons. The van der Waals surface area contributed by atoms with Gasteiger partial charge in [-0.25, -0.2) is 8.78 Å². The largest absolute Gasteiger partial charge is 0.264 e. The molecule has 11 heavy (non-hydrogen) atoms. The van der Waals surface area contributed by atoms with Crippen LogP contribution in [0.2, 0.25) is 5.15 Å². The van der Waals surface area contributed by atoms with E-state index in [0.29, 0.717) is 3.57 Å². The van der Waals surface area contributed by atoms with Gasteiger partial charge < -0.3 is 0 Å². The number of hydrogen-bond acceptors (Lipinski definition) is 1. The number of aromatic nitrogens is 2. The van der Waals surface area contributed by atoms with Crippen LogP contribution in [0, 0.1) is 3.57 Å². The molecule has 0 N–H and O–H groups in total. The van der Waals surface area contributed by atoms with Gasteiger partial charge in [-0.05, 0) is 22.6 Å². The molecule has 1 aromatic heterocycles. The van der Waals surface area contributed by atoms with Crippen molar-refractivity contribution in [2.24, 2.45) is 0 Å². The van der Waals surface area contributed by atoms with Crippen molar-refractivity contribution in [3.63, 3.8) is 0 Å². The first-order valence-corrected chi connectivity index (χ1v) is 4.22. The van der Waals surface area contributed by atoms with E-state index in [1.165, 1.54) is 6.20 Å². The molecule has 0 fully saturated rings. The summed E-state index contributed by atoms with van der Waals surface area (Å²) in [6.45, 7) is -0.400. The van der Waals surface area contributed by atoms with E-state index < -0.39 is 13.0 Å². The van der Waals surface area contributed by atoms with Gasteiger partial charge in [-0.15, -0.1) is 0 Å². The van der Waals surface area contributed by atoms with Gasteiger partial charge in [0, 0.05) is 6.20 Å². The van der Waals surface area contributed by atoms with Crippen LogP contribution in [0.5, 0.6) is 0 Å². The van der Waals surface area contributed by atoms with Gasteiger partial charge in [0.25, 0.3) is 6.43 Å². The van der Waals surface area contributed by atoms with E-state index in [2.05, 4.69) is 5.10 Å². The van der Waals surface area contributed by atoms with Crippen molar-refractivity contribution in [2.45, 2.75) is 13.0 Å². The van der Waals surface area contributed by atoms with Crippen molar-refractivity contribution in [3.8, 4) is 0 Å². The molecule has 0 aromatic carbocycles. The molecule has 0 saturated carbocycles. The Hall–Kier alpha value is 0.0900. The maximum absolute atomic E-state index is 11.8. The smallest absolute Gasteiger partial charge is 0.257 e. The fraction of sp³-hybridized carbons (Fsp3) is 0.400. The number of halogens is 4. The number of hydrogen-bond donors (Lipinski definition) is 0. The second kappa shape index (κ2) is 3.66. The first kappa shape index (κ1) is 9.18. The van der Waals surface area contributed by atoms with Crippen molar-refractivity contribution in [1.29, 1.82) is 0 Å². The summed E-state index contributed by atoms with van der Waals surface area (Å²) in [6.07, 6.45) is -0.906. The third-order valence-electron chi connectivity index (χ3n) is 1.00. The lowest BCUT2D eigenvalue weighted by atomic mass is 10.7. The quantitative estimate of drug-likeness (QED) is 0.766. The Bertz CT molecular complexity index is 231. The van der Waals surface area contributed by atoms with Crippen LogP contribution in [-0.2, 0) is 6.54 Å². The molecule has 1 aromatic rings. The lowest BCUT2D eigenvalue weighted by Crippen LogP contribution is -2.06. The van der Waals surface area contributed by atoms with Crippen LogP contribution in [0.15, 0.2) is 6.20 Å². The molecule has 0 radical (unpaired) electrons. The Morgan fingerprint density at radius 1 is 1.73 bits per heavy atom. The Morgan fingerprint density at radius 2 is 2.36 bits per heavy atom. The second-order valence-electron chi connectivity index (χ2n) is 1.88. The maximum Gasteiger partial charge on any atom is 0.257 e. The van der Waals surface area contributed by atoms with E-state index in [1.807, 2.05) is 22.6 Å². The summed E-state index contributed by atoms with van der Waals surface area (Å²) < 4.78 is 25.3. The summed E-state index contributed by atoms with van der Waals surface area (Å²) >= 11 is 7.46. The molecule has 1 heterocycles. The molecule has 0 spiro atoms. The predicted octanol–water partition coefficient (Wildman–Crippen LogP) is 2.41. The van der Waals surface area contributed by atoms with Crippen LogP contribution in [0.3, 0.4) is 0 Å². The number of alkyl halides is 2. The average Bonchev–Trinajstić information content (AvgIpc) is 2.10. The van der Waals surface area contributed by atoms with Gasteiger partial charge in [-0.1, -0.05) is 11.6 Å². The summed E-state index contributed by atoms with van der Waals surface area (Å²) in [7, 11) is 0. The maximum atomic E-state index is 11.8. The molecular weight excluding hydrogens is 288 g/mol. The topological polar surface area (TPSA) is 17.8 Å². The van der Waals surface area contributed by atoms with Gasteiger partial charge in [0.1, 0.15) is 6.54 Å². The molecule has 0 aliphatic carbocycles. The normalized spacial score (nSPS) is 11.0. The van der Waals surface area contributed by atoms with E-state index in [0.717, 1.165) is 4.68 Å². The van der Waals surface area contributed by atoms with Crippen LogP contribution < -0.4 is 0 Å². The summed E-state index contributed by atoms with van der Waals surface area (Å²) in [5.74, 6) is 0. The molecule has 0 bridgehead atoms. The molecule has 0 aliphatic heterocycles. The monoisotopic (exact) mass is 292 g/mol. The fourth-order valence-electron chi connectivity index (χ4n) is 0.608. The second-order valence-corrected chi connectivity index (χ2v) is 3.40. The van der Waals surface area contributed by atoms with Crippen molar-refractivity contribution in [1.82, 2.24) is 9.78 Å². The Balaban J connectivity index is 2.73. The van der Waals surface area contributed by atoms with Gasteiger partial charge in [0.15, 0.2) is 5.15 Å². The molecule has 0 aliphatic rings. The number of rotatable bonds is 2. The molecule has 0 atom stereocenters. The van der Waals surface area contributed by atoms with Crippen molar-refractivity contribution in [2.75, 3.05) is 0 Å². The fourth-order valence-corrected chi connectivity index (χ4v) is 1.18. The zero-order chi connectivity index (χ0) is 8.43. The Labute approximate surface area is 80.7 Å². The first-order valence-electron chi connectivity index (χ1n) is 2.76. The summed E-state index contributed by atoms with van der Waals surface area (Å²) in [6, 6.07) is 0. The minimum Gasteiger partial charge on any atom is -0.264 e. The highest BCUT2D eigenvalue weighted by Crippen LogP contribution is 2.15. The zero-order valence-corrected chi connectivity index (χ0v) is 8.18. The summed E-state index contributed by atoms with van der Waals surface area (Å²) in [5.41, 5.74) is 0. The van der Waals surface area contributed by atoms with Crippen LogP contribution >= 0.6 is 34.2 Å². The van der Waals surface area contributed by atoms with Crippen molar-refractivity contribution < 1.29 is 8.78 Å². The Morgan fingerprint density at radius 3 is 2.73 bits per heavy atom. The van der Waals surface area contributed by atoms with Gasteiger partial charge in [0.2, 0.25) is 0 Å². The average molecular weight is 292 g/mol. The Kier molecular flexibility index (Phi) is 3.06. The molecule has 0 unspecified atom stereocenters. The molecular formula is C5H4ClF2IN2. The minimum absolute atomic E-state index is 0.270. The SMILES string of the molecule is FC(F)Cn1cc(I)c(Cl)n1. The number of nitrogens with zero attached hydrogens (tertiary/aromatic N) is 2. The molecule has 1 rings (SSSR count). The van der Waals surface area contributed by atoms with Crippen LogP contribution in [-0.4, -0.2) is 16.2 Å². The lowest BCUT2D eigenvalue weighted by Gasteiger charge is -1.96. The highest BCUT2D eigenvalue weighted by molar-refractivity contribution is 14.1. The zero-order valence-electron chi connectivity index (χ0n) is 5.27. The molecule has 0 saturated heterocycles. The minimum atomic E-state index is -2.39. The summed E-state index contributed by atoms with van der Waals surface area (Å²) in [4.78, 5) is 0. The highest BCUT2D eigenvalue weighted by Gasteiger charge is 2.07. The molecule has 2 nitrogen and oxygen atoms in total. The standard InChI is InChI=1S/C5H4ClF2IN2/c6-5-3(9)1-11(10-5)2-4(7)8/h1,4H,2H2. The molecule has 6 heteroatoms. The van der Waals surface area contributed by atoms with Gasteiger partial charge in [-0.2, -0.15) is 5.10 Å². The van der Waals surface area contributed by atoms with Gasteiger partial charge >= 0.3 is 0 Å². The van der Waals surface area contributed by atoms with Crippen molar-refractivity contribution in [3.05, 3.63) is 14.9 Å². The summed E-state index contributed by atoms with van der Waals surface area (Å²) in [5, 5.41) is 3.91. The van der Waals surface area contributed by atoms with Crippen molar-refractivity contribution >= 4 is 34.2 Å². The van der Waals surface area contributed by atoms with E-state index in [9.17, 15) is 8.78 Å². The van der Waals surface area contributed by atoms with E-state index >= 15 is 0 Å². The molecule has 0 amide bonds. The van der Waals surface area contributed by atoms with Crippen LogP contribution in [0.4, 0.5) is 8.78 Å². The first-order chi connectivity index (χ1) is 5.09. The van der Waals surface area contributed by atoms with Crippen LogP contribution in [0.1, 0.15) is 0 Å². The van der Waals surface area contributed by atoms with E-state index in [-0.39, 0.29) is 5.15 Å². The third kappa shape index (κ3) is 2.55. The highest BCUT2D eigenvalue weighted by atomic mass is 127. The van der Waals surface area contributed by atoms with Gasteiger partial charge in [-0.3, -0.25) is 4.68 Å².